The van der Waals surface area contributed by atoms with Crippen molar-refractivity contribution in [2.75, 3.05) is 0 Å². The van der Waals surface area contributed by atoms with Crippen LogP contribution in [0.15, 0.2) is 23.1 Å². The third-order valence-corrected chi connectivity index (χ3v) is 2.58. The zero-order valence-electron chi connectivity index (χ0n) is 6.92. The van der Waals surface area contributed by atoms with E-state index >= 15 is 0 Å². The van der Waals surface area contributed by atoms with Crippen molar-refractivity contribution in [3.63, 3.8) is 0 Å². The maximum absolute atomic E-state index is 12.0. The van der Waals surface area contributed by atoms with Crippen molar-refractivity contribution in [3.8, 4) is 0 Å². The van der Waals surface area contributed by atoms with Gasteiger partial charge in [-0.2, -0.15) is 13.2 Å². The van der Waals surface area contributed by atoms with Gasteiger partial charge < -0.3 is 0 Å². The highest BCUT2D eigenvalue weighted by Gasteiger charge is 2.31. The number of alkyl halides is 3. The molecule has 0 amide bonds. The number of nitrogens with zero attached hydrogens (tertiary/aromatic N) is 1. The molecule has 0 saturated carbocycles. The van der Waals surface area contributed by atoms with Gasteiger partial charge in [0.2, 0.25) is 0 Å². The van der Waals surface area contributed by atoms with Crippen molar-refractivity contribution in [3.05, 3.63) is 33.3 Å². The van der Waals surface area contributed by atoms with Crippen molar-refractivity contribution in [1.29, 1.82) is 0 Å². The van der Waals surface area contributed by atoms with E-state index in [1.807, 2.05) is 0 Å². The summed E-state index contributed by atoms with van der Waals surface area (Å²) in [5.41, 5.74) is -4.94. The molecule has 0 bridgehead atoms. The Morgan fingerprint density at radius 2 is 2.00 bits per heavy atom. The molecule has 15 heavy (non-hydrogen) atoms. The van der Waals surface area contributed by atoms with Gasteiger partial charge in [-0.15, -0.1) is 0 Å². The molecule has 0 atom stereocenters. The summed E-state index contributed by atoms with van der Waals surface area (Å²) in [5, 5.41) is 10.1. The second-order valence-corrected chi connectivity index (χ2v) is 3.93. The molecule has 0 unspecified atom stereocenters. The standard InChI is InChI=1S/C7H3ClF3NO2S/c8-5-2-1-4(12(13)14)3-6(5)15-7(9,10)11/h1-3H. The van der Waals surface area contributed by atoms with Crippen molar-refractivity contribution in [2.24, 2.45) is 0 Å². The van der Waals surface area contributed by atoms with E-state index in [0.29, 0.717) is 0 Å². The Morgan fingerprint density at radius 1 is 1.40 bits per heavy atom. The van der Waals surface area contributed by atoms with Gasteiger partial charge in [0, 0.05) is 17.0 Å². The number of thioether (sulfide) groups is 1. The van der Waals surface area contributed by atoms with E-state index in [1.54, 1.807) is 0 Å². The maximum Gasteiger partial charge on any atom is 0.446 e. The smallest absolute Gasteiger partial charge is 0.258 e. The largest absolute Gasteiger partial charge is 0.446 e. The van der Waals surface area contributed by atoms with E-state index in [4.69, 9.17) is 11.6 Å². The second-order valence-electron chi connectivity index (χ2n) is 2.42. The van der Waals surface area contributed by atoms with Crippen LogP contribution >= 0.6 is 23.4 Å². The van der Waals surface area contributed by atoms with E-state index in [-0.39, 0.29) is 9.92 Å². The average Bonchev–Trinajstić information content (AvgIpc) is 2.06. The van der Waals surface area contributed by atoms with Crippen LogP contribution in [0.1, 0.15) is 0 Å². The maximum atomic E-state index is 12.0. The summed E-state index contributed by atoms with van der Waals surface area (Å²) < 4.78 is 36.0. The van der Waals surface area contributed by atoms with E-state index in [9.17, 15) is 23.3 Å². The number of nitro groups is 1. The Balaban J connectivity index is 3.06. The zero-order chi connectivity index (χ0) is 11.6. The first-order valence-electron chi connectivity index (χ1n) is 3.49. The summed E-state index contributed by atoms with van der Waals surface area (Å²) >= 11 is 4.99. The first-order chi connectivity index (χ1) is 6.79. The van der Waals surface area contributed by atoms with Gasteiger partial charge in [0.1, 0.15) is 0 Å². The van der Waals surface area contributed by atoms with Crippen molar-refractivity contribution in [1.82, 2.24) is 0 Å². The number of hydrogen-bond acceptors (Lipinski definition) is 3. The highest BCUT2D eigenvalue weighted by Crippen LogP contribution is 2.41. The highest BCUT2D eigenvalue weighted by atomic mass is 35.5. The predicted octanol–water partition coefficient (Wildman–Crippen LogP) is 3.86. The van der Waals surface area contributed by atoms with Crippen LogP contribution in [-0.4, -0.2) is 10.4 Å². The minimum Gasteiger partial charge on any atom is -0.258 e. The molecule has 82 valence electrons. The first kappa shape index (κ1) is 12.1. The lowest BCUT2D eigenvalue weighted by atomic mass is 10.3. The number of nitro benzene ring substituents is 1. The Bertz CT molecular complexity index is 396. The monoisotopic (exact) mass is 257 g/mol. The van der Waals surface area contributed by atoms with E-state index in [1.165, 1.54) is 0 Å². The lowest BCUT2D eigenvalue weighted by Crippen LogP contribution is -1.99. The summed E-state index contributed by atoms with van der Waals surface area (Å²) in [6.45, 7) is 0. The number of rotatable bonds is 2. The minimum atomic E-state index is -4.52. The zero-order valence-corrected chi connectivity index (χ0v) is 8.49. The normalized spacial score (nSPS) is 11.5. The fourth-order valence-corrected chi connectivity index (χ4v) is 1.64. The van der Waals surface area contributed by atoms with Gasteiger partial charge in [-0.3, -0.25) is 10.1 Å². The Morgan fingerprint density at radius 3 is 2.47 bits per heavy atom. The van der Waals surface area contributed by atoms with Crippen LogP contribution in [-0.2, 0) is 0 Å². The summed E-state index contributed by atoms with van der Waals surface area (Å²) in [5.74, 6) is 0. The molecule has 0 aromatic heterocycles. The number of non-ortho nitro benzene ring substituents is 1. The summed E-state index contributed by atoms with van der Waals surface area (Å²) in [6, 6.07) is 2.90. The summed E-state index contributed by atoms with van der Waals surface area (Å²) in [7, 11) is 0. The van der Waals surface area contributed by atoms with Crippen molar-refractivity contribution >= 4 is 29.1 Å². The molecule has 0 N–H and O–H groups in total. The molecule has 0 radical (unpaired) electrons. The van der Waals surface area contributed by atoms with Crippen molar-refractivity contribution in [2.45, 2.75) is 10.4 Å². The van der Waals surface area contributed by atoms with Gasteiger partial charge in [-0.1, -0.05) is 11.6 Å². The van der Waals surface area contributed by atoms with E-state index in [2.05, 4.69) is 0 Å². The number of halogens is 4. The second kappa shape index (κ2) is 4.28. The van der Waals surface area contributed by atoms with Gasteiger partial charge in [-0.25, -0.2) is 0 Å². The Labute approximate surface area is 91.4 Å². The molecule has 0 saturated heterocycles. The molecule has 0 fully saturated rings. The minimum absolute atomic E-state index is 0.164. The third kappa shape index (κ3) is 3.60. The van der Waals surface area contributed by atoms with Crippen LogP contribution in [0.25, 0.3) is 0 Å². The van der Waals surface area contributed by atoms with Gasteiger partial charge >= 0.3 is 5.51 Å². The topological polar surface area (TPSA) is 43.1 Å². The van der Waals surface area contributed by atoms with Gasteiger partial charge in [0.05, 0.1) is 9.95 Å². The van der Waals surface area contributed by atoms with Crippen LogP contribution in [0.3, 0.4) is 0 Å². The van der Waals surface area contributed by atoms with Gasteiger partial charge in [-0.05, 0) is 17.8 Å². The molecule has 0 spiro atoms. The van der Waals surface area contributed by atoms with Crippen molar-refractivity contribution < 1.29 is 18.1 Å². The molecule has 0 aliphatic rings. The molecule has 8 heteroatoms. The molecular weight excluding hydrogens is 255 g/mol. The molecule has 1 aromatic rings. The highest BCUT2D eigenvalue weighted by molar-refractivity contribution is 8.00. The van der Waals surface area contributed by atoms with Gasteiger partial charge in [0.15, 0.2) is 0 Å². The molecule has 0 aliphatic heterocycles. The van der Waals surface area contributed by atoms with Gasteiger partial charge in [0.25, 0.3) is 5.69 Å². The molecule has 1 aromatic carbocycles. The molecule has 0 heterocycles. The molecular formula is C7H3ClF3NO2S. The molecule has 1 rings (SSSR count). The fraction of sp³-hybridized carbons (Fsp3) is 0.143. The van der Waals surface area contributed by atoms with E-state index < -0.39 is 27.9 Å². The lowest BCUT2D eigenvalue weighted by Gasteiger charge is -2.06. The number of benzene rings is 1. The van der Waals surface area contributed by atoms with Crippen LogP contribution < -0.4 is 0 Å². The third-order valence-electron chi connectivity index (χ3n) is 1.35. The quantitative estimate of drug-likeness (QED) is 0.459. The molecule has 0 aliphatic carbocycles. The average molecular weight is 258 g/mol. The van der Waals surface area contributed by atoms with Crippen LogP contribution in [0.4, 0.5) is 18.9 Å². The predicted molar refractivity (Wildman–Crippen MR) is 50.0 cm³/mol. The number of hydrogen-bond donors (Lipinski definition) is 0. The van der Waals surface area contributed by atoms with Crippen LogP contribution in [0.2, 0.25) is 5.02 Å². The van der Waals surface area contributed by atoms with Crippen LogP contribution in [0.5, 0.6) is 0 Å². The SMILES string of the molecule is O=[N+]([O-])c1ccc(Cl)c(SC(F)(F)F)c1. The fourth-order valence-electron chi connectivity index (χ4n) is 0.809. The van der Waals surface area contributed by atoms with E-state index in [0.717, 1.165) is 18.2 Å². The Hall–Kier alpha value is -0.950. The Kier molecular flexibility index (Phi) is 3.46. The van der Waals surface area contributed by atoms with Crippen LogP contribution in [0, 0.1) is 10.1 Å². The lowest BCUT2D eigenvalue weighted by molar-refractivity contribution is -0.385. The summed E-state index contributed by atoms with van der Waals surface area (Å²) in [4.78, 5) is 9.14. The first-order valence-corrected chi connectivity index (χ1v) is 4.69. The molecule has 3 nitrogen and oxygen atoms in total. The summed E-state index contributed by atoms with van der Waals surface area (Å²) in [6.07, 6.45) is 0.